The van der Waals surface area contributed by atoms with Crippen molar-refractivity contribution in [2.75, 3.05) is 5.32 Å². The van der Waals surface area contributed by atoms with Gasteiger partial charge in [-0.2, -0.15) is 13.2 Å². The smallest absolute Gasteiger partial charge is 0.435 e. The van der Waals surface area contributed by atoms with Crippen LogP contribution in [0.5, 0.6) is 0 Å². The van der Waals surface area contributed by atoms with E-state index in [0.717, 1.165) is 6.42 Å². The van der Waals surface area contributed by atoms with Crippen molar-refractivity contribution in [2.24, 2.45) is 0 Å². The fourth-order valence-electron chi connectivity index (χ4n) is 1.23. The summed E-state index contributed by atoms with van der Waals surface area (Å²) in [7, 11) is 0. The molecule has 0 atom stereocenters. The molecule has 106 valence electrons. The third-order valence-corrected chi connectivity index (χ3v) is 3.05. The molecule has 9 heteroatoms. The molecule has 0 aliphatic rings. The van der Waals surface area contributed by atoms with E-state index in [4.69, 9.17) is 5.11 Å². The van der Waals surface area contributed by atoms with Gasteiger partial charge in [-0.15, -0.1) is 0 Å². The molecule has 19 heavy (non-hydrogen) atoms. The van der Waals surface area contributed by atoms with Crippen molar-refractivity contribution < 1.29 is 27.9 Å². The second kappa shape index (κ2) is 6.00. The van der Waals surface area contributed by atoms with Crippen molar-refractivity contribution in [1.82, 2.24) is 4.98 Å². The van der Waals surface area contributed by atoms with Crippen LogP contribution in [0.3, 0.4) is 0 Å². The highest BCUT2D eigenvalue weighted by molar-refractivity contribution is 7.17. The number of rotatable bonds is 5. The van der Waals surface area contributed by atoms with Crippen LogP contribution in [0, 0.1) is 0 Å². The van der Waals surface area contributed by atoms with E-state index < -0.39 is 28.6 Å². The van der Waals surface area contributed by atoms with E-state index in [9.17, 15) is 22.8 Å². The number of carboxylic acids is 1. The lowest BCUT2D eigenvalue weighted by molar-refractivity contribution is -0.141. The van der Waals surface area contributed by atoms with Gasteiger partial charge in [0.05, 0.1) is 0 Å². The lowest BCUT2D eigenvalue weighted by atomic mass is 10.2. The number of carbonyl (C=O) groups excluding carboxylic acids is 1. The van der Waals surface area contributed by atoms with Crippen LogP contribution in [-0.2, 0) is 11.0 Å². The molecule has 1 heterocycles. The molecular weight excluding hydrogens is 285 g/mol. The molecule has 1 amide bonds. The largest absolute Gasteiger partial charge is 0.477 e. The van der Waals surface area contributed by atoms with Crippen LogP contribution in [0.25, 0.3) is 0 Å². The van der Waals surface area contributed by atoms with Crippen LogP contribution in [-0.4, -0.2) is 22.0 Å². The Morgan fingerprint density at radius 2 is 2.05 bits per heavy atom. The van der Waals surface area contributed by atoms with Crippen molar-refractivity contribution in [3.63, 3.8) is 0 Å². The number of carboxylic acid groups (broad SMARTS) is 1. The Balaban J connectivity index is 2.93. The molecule has 1 aromatic rings. The molecule has 0 saturated carbocycles. The van der Waals surface area contributed by atoms with Crippen LogP contribution >= 0.6 is 11.3 Å². The lowest BCUT2D eigenvalue weighted by Crippen LogP contribution is -2.13. The fraction of sp³-hybridized carbons (Fsp3) is 0.500. The van der Waals surface area contributed by atoms with Gasteiger partial charge in [-0.05, 0) is 6.42 Å². The quantitative estimate of drug-likeness (QED) is 0.875. The Hall–Kier alpha value is -1.64. The normalized spacial score (nSPS) is 11.4. The fourth-order valence-corrected chi connectivity index (χ4v) is 2.07. The van der Waals surface area contributed by atoms with E-state index >= 15 is 0 Å². The predicted molar refractivity (Wildman–Crippen MR) is 62.2 cm³/mol. The van der Waals surface area contributed by atoms with Crippen LogP contribution in [0.4, 0.5) is 18.3 Å². The minimum atomic E-state index is -4.86. The number of halogens is 3. The zero-order valence-corrected chi connectivity index (χ0v) is 10.7. The Labute approximate surface area is 110 Å². The molecule has 0 radical (unpaired) electrons. The summed E-state index contributed by atoms with van der Waals surface area (Å²) in [6, 6.07) is 0. The molecule has 0 saturated heterocycles. The zero-order chi connectivity index (χ0) is 14.6. The summed E-state index contributed by atoms with van der Waals surface area (Å²) in [6.07, 6.45) is -3.36. The van der Waals surface area contributed by atoms with E-state index in [0.29, 0.717) is 17.8 Å². The summed E-state index contributed by atoms with van der Waals surface area (Å²) in [4.78, 5) is 24.2. The first-order valence-corrected chi connectivity index (χ1v) is 6.18. The predicted octanol–water partition coefficient (Wildman–Crippen LogP) is 2.99. The van der Waals surface area contributed by atoms with Gasteiger partial charge >= 0.3 is 12.1 Å². The third-order valence-electron chi connectivity index (χ3n) is 2.09. The summed E-state index contributed by atoms with van der Waals surface area (Å²) < 4.78 is 37.6. The van der Waals surface area contributed by atoms with Gasteiger partial charge in [0.25, 0.3) is 0 Å². The minimum Gasteiger partial charge on any atom is -0.477 e. The van der Waals surface area contributed by atoms with Crippen LogP contribution < -0.4 is 5.32 Å². The SMILES string of the molecule is CCCCC(=O)Nc1nc(C(F)(F)F)c(C(=O)O)s1. The highest BCUT2D eigenvalue weighted by Gasteiger charge is 2.39. The molecule has 5 nitrogen and oxygen atoms in total. The molecule has 0 unspecified atom stereocenters. The Bertz CT molecular complexity index is 485. The second-order valence-corrected chi connectivity index (χ2v) is 4.65. The molecular formula is C10H11F3N2O3S. The molecule has 1 rings (SSSR count). The number of aromatic carboxylic acids is 1. The number of anilines is 1. The molecule has 2 N–H and O–H groups in total. The molecule has 0 aliphatic heterocycles. The number of alkyl halides is 3. The average Bonchev–Trinajstić information content (AvgIpc) is 2.70. The average molecular weight is 296 g/mol. The van der Waals surface area contributed by atoms with Gasteiger partial charge in [-0.1, -0.05) is 24.7 Å². The number of amides is 1. The molecule has 0 aromatic carbocycles. The van der Waals surface area contributed by atoms with Gasteiger partial charge in [0.2, 0.25) is 5.91 Å². The second-order valence-electron chi connectivity index (χ2n) is 3.65. The van der Waals surface area contributed by atoms with Gasteiger partial charge in [0, 0.05) is 6.42 Å². The summed E-state index contributed by atoms with van der Waals surface area (Å²) in [5, 5.41) is 10.5. The first-order valence-electron chi connectivity index (χ1n) is 5.36. The highest BCUT2D eigenvalue weighted by atomic mass is 32.1. The Kier molecular flexibility index (Phi) is 4.87. The van der Waals surface area contributed by atoms with Gasteiger partial charge in [-0.25, -0.2) is 9.78 Å². The maximum absolute atomic E-state index is 12.5. The van der Waals surface area contributed by atoms with Crippen molar-refractivity contribution in [3.05, 3.63) is 10.6 Å². The summed E-state index contributed by atoms with van der Waals surface area (Å²) in [5.74, 6) is -2.21. The third kappa shape index (κ3) is 4.19. The first-order chi connectivity index (χ1) is 8.75. The summed E-state index contributed by atoms with van der Waals surface area (Å²) in [6.45, 7) is 1.86. The summed E-state index contributed by atoms with van der Waals surface area (Å²) in [5.41, 5.74) is -1.49. The van der Waals surface area contributed by atoms with Gasteiger partial charge < -0.3 is 10.4 Å². The van der Waals surface area contributed by atoms with E-state index in [2.05, 4.69) is 10.3 Å². The van der Waals surface area contributed by atoms with Gasteiger partial charge in [-0.3, -0.25) is 4.79 Å². The number of carbonyl (C=O) groups is 2. The van der Waals surface area contributed by atoms with Crippen molar-refractivity contribution in [1.29, 1.82) is 0 Å². The van der Waals surface area contributed by atoms with Crippen molar-refractivity contribution in [2.45, 2.75) is 32.4 Å². The number of thiazole rings is 1. The number of aromatic nitrogens is 1. The highest BCUT2D eigenvalue weighted by Crippen LogP contribution is 2.36. The van der Waals surface area contributed by atoms with Crippen molar-refractivity contribution >= 4 is 28.3 Å². The van der Waals surface area contributed by atoms with Gasteiger partial charge in [0.1, 0.15) is 4.88 Å². The number of hydrogen-bond donors (Lipinski definition) is 2. The zero-order valence-electron chi connectivity index (χ0n) is 9.87. The standard InChI is InChI=1S/C10H11F3N2O3S/c1-2-3-4-5(16)14-9-15-7(10(11,12)13)6(19-9)8(17)18/h2-4H2,1H3,(H,17,18)(H,14,15,16). The maximum Gasteiger partial charge on any atom is 0.435 e. The molecule has 1 aromatic heterocycles. The maximum atomic E-state index is 12.5. The van der Waals surface area contributed by atoms with E-state index in [1.54, 1.807) is 0 Å². The lowest BCUT2D eigenvalue weighted by Gasteiger charge is -2.02. The van der Waals surface area contributed by atoms with Crippen LogP contribution in [0.1, 0.15) is 41.6 Å². The summed E-state index contributed by atoms with van der Waals surface area (Å²) >= 11 is 0.294. The van der Waals surface area contributed by atoms with Gasteiger partial charge in [0.15, 0.2) is 10.8 Å². The van der Waals surface area contributed by atoms with E-state index in [1.807, 2.05) is 6.92 Å². The first kappa shape index (κ1) is 15.4. The monoisotopic (exact) mass is 296 g/mol. The van der Waals surface area contributed by atoms with Crippen LogP contribution in [0.2, 0.25) is 0 Å². The number of hydrogen-bond acceptors (Lipinski definition) is 4. The molecule has 0 aliphatic carbocycles. The minimum absolute atomic E-state index is 0.153. The van der Waals surface area contributed by atoms with Crippen molar-refractivity contribution in [3.8, 4) is 0 Å². The van der Waals surface area contributed by atoms with E-state index in [-0.39, 0.29) is 11.6 Å². The van der Waals surface area contributed by atoms with Crippen LogP contribution in [0.15, 0.2) is 0 Å². The number of unbranched alkanes of at least 4 members (excludes halogenated alkanes) is 1. The molecule has 0 fully saturated rings. The topological polar surface area (TPSA) is 79.3 Å². The molecule has 0 bridgehead atoms. The Morgan fingerprint density at radius 1 is 1.42 bits per heavy atom. The molecule has 0 spiro atoms. The number of nitrogens with zero attached hydrogens (tertiary/aromatic N) is 1. The number of nitrogens with one attached hydrogen (secondary N) is 1. The van der Waals surface area contributed by atoms with E-state index in [1.165, 1.54) is 0 Å². The Morgan fingerprint density at radius 3 is 2.47 bits per heavy atom.